The summed E-state index contributed by atoms with van der Waals surface area (Å²) in [5.74, 6) is -0.101. The minimum absolute atomic E-state index is 0.0387. The van der Waals surface area contributed by atoms with Crippen molar-refractivity contribution in [1.29, 1.82) is 0 Å². The molecule has 0 spiro atoms. The van der Waals surface area contributed by atoms with Gasteiger partial charge in [0.1, 0.15) is 0 Å². The normalized spacial score (nSPS) is 12.6. The van der Waals surface area contributed by atoms with E-state index in [0.29, 0.717) is 46.7 Å². The molecule has 158 valence electrons. The number of amides is 1. The van der Waals surface area contributed by atoms with Gasteiger partial charge in [-0.2, -0.15) is 0 Å². The summed E-state index contributed by atoms with van der Waals surface area (Å²) in [5, 5.41) is 2.77. The Labute approximate surface area is 182 Å². The van der Waals surface area contributed by atoms with E-state index in [-0.39, 0.29) is 17.3 Å². The summed E-state index contributed by atoms with van der Waals surface area (Å²) in [5.41, 5.74) is 2.27. The van der Waals surface area contributed by atoms with E-state index >= 15 is 0 Å². The highest BCUT2D eigenvalue weighted by atomic mass is 79.9. The number of esters is 1. The number of ketones is 1. The van der Waals surface area contributed by atoms with Crippen LogP contribution in [0.1, 0.15) is 46.0 Å². The molecule has 0 aliphatic carbocycles. The average Bonchev–Trinajstić information content (AvgIpc) is 2.75. The topological polar surface area (TPSA) is 90.9 Å². The Kier molecular flexibility index (Phi) is 7.10. The monoisotopic (exact) mass is 475 g/mol. The number of nitrogens with one attached hydrogen (secondary N) is 1. The molecule has 3 rings (SSSR count). The Balaban J connectivity index is 1.67. The lowest BCUT2D eigenvalue weighted by Crippen LogP contribution is -2.20. The van der Waals surface area contributed by atoms with Crippen LogP contribution in [-0.4, -0.2) is 38.0 Å². The Morgan fingerprint density at radius 1 is 1.13 bits per heavy atom. The second kappa shape index (κ2) is 9.75. The number of carbonyl (C=O) groups is 3. The van der Waals surface area contributed by atoms with Gasteiger partial charge in [0.15, 0.2) is 23.9 Å². The van der Waals surface area contributed by atoms with Crippen molar-refractivity contribution in [1.82, 2.24) is 0 Å². The maximum Gasteiger partial charge on any atom is 0.338 e. The predicted molar refractivity (Wildman–Crippen MR) is 114 cm³/mol. The number of aryl methyl sites for hydroxylation is 1. The number of ether oxygens (including phenoxy) is 3. The molecular formula is C22H22BrNO6. The van der Waals surface area contributed by atoms with E-state index in [1.54, 1.807) is 24.3 Å². The number of halogens is 1. The highest BCUT2D eigenvalue weighted by Gasteiger charge is 2.20. The molecule has 2 aromatic rings. The number of methoxy groups -OCH3 is 1. The second-order valence-electron chi connectivity index (χ2n) is 6.76. The van der Waals surface area contributed by atoms with Gasteiger partial charge in [-0.15, -0.1) is 0 Å². The van der Waals surface area contributed by atoms with Gasteiger partial charge < -0.3 is 19.5 Å². The summed E-state index contributed by atoms with van der Waals surface area (Å²) in [7, 11) is 1.48. The van der Waals surface area contributed by atoms with Gasteiger partial charge in [-0.25, -0.2) is 4.79 Å². The van der Waals surface area contributed by atoms with Crippen molar-refractivity contribution in [2.75, 3.05) is 25.6 Å². The molecule has 2 aromatic carbocycles. The Bertz CT molecular complexity index is 988. The van der Waals surface area contributed by atoms with Gasteiger partial charge in [0, 0.05) is 17.7 Å². The van der Waals surface area contributed by atoms with Crippen molar-refractivity contribution in [3.8, 4) is 11.5 Å². The summed E-state index contributed by atoms with van der Waals surface area (Å²) in [6.07, 6.45) is 1.78. The van der Waals surface area contributed by atoms with Crippen LogP contribution in [0.3, 0.4) is 0 Å². The number of fused-ring (bicyclic) bond motifs is 1. The summed E-state index contributed by atoms with van der Waals surface area (Å²) in [6, 6.07) is 8.12. The van der Waals surface area contributed by atoms with Gasteiger partial charge in [0.2, 0.25) is 5.91 Å². The standard InChI is InChI=1S/C22H22BrNO6/c1-3-8-29-21-16(23)10-15(11-19(21)28-2)22(27)30-12-18(25)14-4-6-17-13(9-14)5-7-20(26)24-17/h4,6,9-11H,3,5,7-8,12H2,1-2H3,(H,24,26). The maximum atomic E-state index is 12.5. The van der Waals surface area contributed by atoms with Crippen molar-refractivity contribution in [3.63, 3.8) is 0 Å². The van der Waals surface area contributed by atoms with Crippen molar-refractivity contribution in [3.05, 3.63) is 51.5 Å². The number of carbonyl (C=O) groups excluding carboxylic acids is 3. The van der Waals surface area contributed by atoms with Gasteiger partial charge >= 0.3 is 5.97 Å². The molecular weight excluding hydrogens is 454 g/mol. The zero-order chi connectivity index (χ0) is 21.7. The van der Waals surface area contributed by atoms with E-state index in [2.05, 4.69) is 21.2 Å². The fourth-order valence-corrected chi connectivity index (χ4v) is 3.59. The highest BCUT2D eigenvalue weighted by Crippen LogP contribution is 2.37. The van der Waals surface area contributed by atoms with Crippen LogP contribution in [0.2, 0.25) is 0 Å². The third-order valence-corrected chi connectivity index (χ3v) is 5.16. The molecule has 1 aliphatic rings. The zero-order valence-corrected chi connectivity index (χ0v) is 18.3. The molecule has 0 fully saturated rings. The fourth-order valence-electron chi connectivity index (χ4n) is 3.04. The number of Topliss-reactive ketones (excluding diaryl/α,β-unsaturated/α-hetero) is 1. The highest BCUT2D eigenvalue weighted by molar-refractivity contribution is 9.10. The first-order chi connectivity index (χ1) is 14.4. The summed E-state index contributed by atoms with van der Waals surface area (Å²) in [4.78, 5) is 36.4. The molecule has 0 saturated carbocycles. The average molecular weight is 476 g/mol. The lowest BCUT2D eigenvalue weighted by molar-refractivity contribution is -0.116. The van der Waals surface area contributed by atoms with Crippen LogP contribution in [0.15, 0.2) is 34.8 Å². The molecule has 0 radical (unpaired) electrons. The number of hydrogen-bond donors (Lipinski definition) is 1. The van der Waals surface area contributed by atoms with Crippen LogP contribution in [0.25, 0.3) is 0 Å². The van der Waals surface area contributed by atoms with Crippen LogP contribution >= 0.6 is 15.9 Å². The van der Waals surface area contributed by atoms with E-state index in [1.165, 1.54) is 13.2 Å². The quantitative estimate of drug-likeness (QED) is 0.455. The van der Waals surface area contributed by atoms with E-state index in [4.69, 9.17) is 14.2 Å². The summed E-state index contributed by atoms with van der Waals surface area (Å²) in [6.45, 7) is 2.11. The largest absolute Gasteiger partial charge is 0.493 e. The summed E-state index contributed by atoms with van der Waals surface area (Å²) >= 11 is 3.38. The molecule has 0 aromatic heterocycles. The van der Waals surface area contributed by atoms with Gasteiger partial charge in [0.25, 0.3) is 0 Å². The smallest absolute Gasteiger partial charge is 0.338 e. The fraction of sp³-hybridized carbons (Fsp3) is 0.318. The van der Waals surface area contributed by atoms with Crippen LogP contribution in [0, 0.1) is 0 Å². The molecule has 0 atom stereocenters. The molecule has 7 nitrogen and oxygen atoms in total. The van der Waals surface area contributed by atoms with Crippen LogP contribution in [0.5, 0.6) is 11.5 Å². The Hall–Kier alpha value is -2.87. The van der Waals surface area contributed by atoms with Crippen molar-refractivity contribution in [2.45, 2.75) is 26.2 Å². The minimum atomic E-state index is -0.644. The lowest BCUT2D eigenvalue weighted by atomic mass is 9.99. The number of hydrogen-bond acceptors (Lipinski definition) is 6. The molecule has 1 N–H and O–H groups in total. The van der Waals surface area contributed by atoms with Crippen LogP contribution in [0.4, 0.5) is 5.69 Å². The molecule has 8 heteroatoms. The first kappa shape index (κ1) is 21.8. The number of rotatable bonds is 8. The van der Waals surface area contributed by atoms with E-state index in [1.807, 2.05) is 6.92 Å². The molecule has 0 bridgehead atoms. The molecule has 30 heavy (non-hydrogen) atoms. The summed E-state index contributed by atoms with van der Waals surface area (Å²) < 4.78 is 16.7. The van der Waals surface area contributed by atoms with Gasteiger partial charge in [-0.3, -0.25) is 9.59 Å². The van der Waals surface area contributed by atoms with Crippen LogP contribution in [-0.2, 0) is 16.0 Å². The van der Waals surface area contributed by atoms with E-state index in [0.717, 1.165) is 12.0 Å². The lowest BCUT2D eigenvalue weighted by Gasteiger charge is -2.17. The number of benzene rings is 2. The molecule has 0 saturated heterocycles. The first-order valence-corrected chi connectivity index (χ1v) is 10.4. The SMILES string of the molecule is CCCOc1c(Br)cc(C(=O)OCC(=O)c2ccc3c(c2)CCC(=O)N3)cc1OC. The van der Waals surface area contributed by atoms with Gasteiger partial charge in [-0.1, -0.05) is 6.92 Å². The Morgan fingerprint density at radius 2 is 1.93 bits per heavy atom. The predicted octanol–water partition coefficient (Wildman–Crippen LogP) is 4.17. The molecule has 0 unspecified atom stereocenters. The minimum Gasteiger partial charge on any atom is -0.493 e. The third-order valence-electron chi connectivity index (χ3n) is 4.57. The van der Waals surface area contributed by atoms with Crippen molar-refractivity contribution < 1.29 is 28.6 Å². The zero-order valence-electron chi connectivity index (χ0n) is 16.7. The molecule has 1 amide bonds. The first-order valence-electron chi connectivity index (χ1n) is 9.56. The molecule has 1 heterocycles. The van der Waals surface area contributed by atoms with Crippen molar-refractivity contribution in [2.24, 2.45) is 0 Å². The van der Waals surface area contributed by atoms with Gasteiger partial charge in [-0.05, 0) is 64.7 Å². The van der Waals surface area contributed by atoms with Gasteiger partial charge in [0.05, 0.1) is 23.8 Å². The molecule has 1 aliphatic heterocycles. The van der Waals surface area contributed by atoms with Crippen LogP contribution < -0.4 is 14.8 Å². The van der Waals surface area contributed by atoms with E-state index in [9.17, 15) is 14.4 Å². The Morgan fingerprint density at radius 3 is 2.67 bits per heavy atom. The third kappa shape index (κ3) is 4.99. The maximum absolute atomic E-state index is 12.5. The second-order valence-corrected chi connectivity index (χ2v) is 7.61. The number of anilines is 1. The van der Waals surface area contributed by atoms with E-state index < -0.39 is 12.6 Å². The van der Waals surface area contributed by atoms with Crippen molar-refractivity contribution >= 4 is 39.3 Å².